The van der Waals surface area contributed by atoms with Crippen LogP contribution in [0.25, 0.3) is 11.3 Å². The van der Waals surface area contributed by atoms with E-state index < -0.39 is 0 Å². The molecular weight excluding hydrogens is 346 g/mol. The summed E-state index contributed by atoms with van der Waals surface area (Å²) in [5.74, 6) is 1.37. The van der Waals surface area contributed by atoms with E-state index in [0.717, 1.165) is 27.9 Å². The van der Waals surface area contributed by atoms with E-state index in [1.54, 1.807) is 16.7 Å². The average molecular weight is 363 g/mol. The molecule has 0 N–H and O–H groups in total. The van der Waals surface area contributed by atoms with E-state index in [0.29, 0.717) is 11.4 Å². The lowest BCUT2D eigenvalue weighted by molar-refractivity contribution is 0.867. The Balaban J connectivity index is 1.64. The van der Waals surface area contributed by atoms with Crippen LogP contribution in [0.15, 0.2) is 64.7 Å². The van der Waals surface area contributed by atoms with Gasteiger partial charge in [0.25, 0.3) is 5.56 Å². The summed E-state index contributed by atoms with van der Waals surface area (Å²) in [5, 5.41) is 9.23. The largest absolute Gasteiger partial charge is 0.274 e. The summed E-state index contributed by atoms with van der Waals surface area (Å²) in [7, 11) is 0. The highest BCUT2D eigenvalue weighted by molar-refractivity contribution is 7.98. The molecule has 3 heterocycles. The maximum absolute atomic E-state index is 12.3. The highest BCUT2D eigenvalue weighted by atomic mass is 32.2. The Morgan fingerprint density at radius 1 is 1.04 bits per heavy atom. The predicted octanol–water partition coefficient (Wildman–Crippen LogP) is 3.18. The minimum absolute atomic E-state index is 0.0741. The summed E-state index contributed by atoms with van der Waals surface area (Å²) in [4.78, 5) is 16.9. The lowest BCUT2D eigenvalue weighted by Crippen LogP contribution is -2.15. The molecule has 7 heteroatoms. The van der Waals surface area contributed by atoms with Crippen LogP contribution in [-0.2, 0) is 5.75 Å². The Hall–Kier alpha value is -2.93. The Labute approximate surface area is 154 Å². The van der Waals surface area contributed by atoms with Crippen molar-refractivity contribution in [1.29, 1.82) is 0 Å². The Morgan fingerprint density at radius 3 is 2.65 bits per heavy atom. The van der Waals surface area contributed by atoms with Gasteiger partial charge in [-0.1, -0.05) is 36.0 Å². The van der Waals surface area contributed by atoms with Gasteiger partial charge in [-0.3, -0.25) is 13.8 Å². The van der Waals surface area contributed by atoms with Crippen molar-refractivity contribution in [2.45, 2.75) is 24.8 Å². The van der Waals surface area contributed by atoms with Crippen molar-refractivity contribution in [2.75, 3.05) is 0 Å². The lowest BCUT2D eigenvalue weighted by Gasteiger charge is -2.08. The van der Waals surface area contributed by atoms with Gasteiger partial charge in [0.1, 0.15) is 11.5 Å². The summed E-state index contributed by atoms with van der Waals surface area (Å²) in [6.07, 6.45) is 1.80. The molecule has 4 rings (SSSR count). The maximum Gasteiger partial charge on any atom is 0.258 e. The van der Waals surface area contributed by atoms with Crippen molar-refractivity contribution in [1.82, 2.24) is 24.1 Å². The second-order valence-corrected chi connectivity index (χ2v) is 6.95. The molecule has 0 fully saturated rings. The number of hydrogen-bond donors (Lipinski definition) is 0. The molecule has 26 heavy (non-hydrogen) atoms. The van der Waals surface area contributed by atoms with E-state index in [9.17, 15) is 4.79 Å². The van der Waals surface area contributed by atoms with Crippen molar-refractivity contribution in [3.8, 4) is 5.69 Å². The zero-order chi connectivity index (χ0) is 18.1. The Morgan fingerprint density at radius 2 is 1.85 bits per heavy atom. The van der Waals surface area contributed by atoms with Crippen LogP contribution in [0.3, 0.4) is 0 Å². The predicted molar refractivity (Wildman–Crippen MR) is 102 cm³/mol. The molecule has 0 radical (unpaired) electrons. The third-order valence-corrected chi connectivity index (χ3v) is 4.98. The minimum atomic E-state index is -0.0741. The molecule has 0 aliphatic carbocycles. The summed E-state index contributed by atoms with van der Waals surface area (Å²) in [6.45, 7) is 3.88. The zero-order valence-electron chi connectivity index (χ0n) is 14.5. The monoisotopic (exact) mass is 363 g/mol. The first-order valence-electron chi connectivity index (χ1n) is 8.21. The van der Waals surface area contributed by atoms with Crippen LogP contribution in [0.4, 0.5) is 0 Å². The Bertz CT molecular complexity index is 1130. The van der Waals surface area contributed by atoms with Crippen LogP contribution in [-0.4, -0.2) is 24.1 Å². The van der Waals surface area contributed by atoms with E-state index >= 15 is 0 Å². The number of hydrogen-bond acceptors (Lipinski definition) is 5. The van der Waals surface area contributed by atoms with Crippen molar-refractivity contribution < 1.29 is 0 Å². The molecule has 0 spiro atoms. The van der Waals surface area contributed by atoms with Gasteiger partial charge >= 0.3 is 0 Å². The molecule has 0 aliphatic heterocycles. The number of aryl methyl sites for hydroxylation is 2. The van der Waals surface area contributed by atoms with Crippen LogP contribution in [0, 0.1) is 13.8 Å². The second-order valence-electron chi connectivity index (χ2n) is 6.01. The number of para-hydroxylation sites is 1. The van der Waals surface area contributed by atoms with Gasteiger partial charge < -0.3 is 0 Å². The van der Waals surface area contributed by atoms with E-state index in [1.165, 1.54) is 11.8 Å². The average Bonchev–Trinajstić information content (AvgIpc) is 3.02. The number of nitrogens with zero attached hydrogens (tertiary/aromatic N) is 5. The van der Waals surface area contributed by atoms with Gasteiger partial charge in [-0.05, 0) is 37.6 Å². The SMILES string of the molecule is Cc1ccc2nc(CSc3nnc(C)n3-c3ccccc3)cc(=O)n2c1. The first kappa shape index (κ1) is 16.5. The van der Waals surface area contributed by atoms with Gasteiger partial charge in [-0.15, -0.1) is 10.2 Å². The number of pyridine rings is 1. The van der Waals surface area contributed by atoms with Crippen molar-refractivity contribution in [2.24, 2.45) is 0 Å². The van der Waals surface area contributed by atoms with Crippen LogP contribution in [0.1, 0.15) is 17.1 Å². The molecule has 0 unspecified atom stereocenters. The first-order chi connectivity index (χ1) is 12.6. The molecule has 6 nitrogen and oxygen atoms in total. The number of aromatic nitrogens is 5. The van der Waals surface area contributed by atoms with Gasteiger partial charge in [-0.25, -0.2) is 4.98 Å². The molecule has 4 aromatic rings. The fourth-order valence-electron chi connectivity index (χ4n) is 2.78. The fourth-order valence-corrected chi connectivity index (χ4v) is 3.67. The van der Waals surface area contributed by atoms with Crippen LogP contribution in [0.2, 0.25) is 0 Å². The van der Waals surface area contributed by atoms with E-state index in [1.807, 2.05) is 60.9 Å². The third kappa shape index (κ3) is 3.13. The smallest absolute Gasteiger partial charge is 0.258 e. The normalized spacial score (nSPS) is 11.2. The lowest BCUT2D eigenvalue weighted by atomic mass is 10.3. The van der Waals surface area contributed by atoms with Crippen molar-refractivity contribution >= 4 is 17.4 Å². The maximum atomic E-state index is 12.3. The topological polar surface area (TPSA) is 65.1 Å². The molecule has 0 bridgehead atoms. The number of thioether (sulfide) groups is 1. The molecule has 3 aromatic heterocycles. The molecule has 0 saturated heterocycles. The van der Waals surface area contributed by atoms with Crippen molar-refractivity contribution in [3.63, 3.8) is 0 Å². The Kier molecular flexibility index (Phi) is 4.30. The summed E-state index contributed by atoms with van der Waals surface area (Å²) < 4.78 is 3.57. The van der Waals surface area contributed by atoms with Gasteiger partial charge in [0.05, 0.1) is 5.69 Å². The van der Waals surface area contributed by atoms with Crippen LogP contribution < -0.4 is 5.56 Å². The summed E-state index contributed by atoms with van der Waals surface area (Å²) in [6, 6.07) is 15.4. The molecule has 1 aromatic carbocycles. The van der Waals surface area contributed by atoms with Crippen LogP contribution >= 0.6 is 11.8 Å². The summed E-state index contributed by atoms with van der Waals surface area (Å²) in [5.41, 5.74) is 3.34. The molecule has 0 amide bonds. The quantitative estimate of drug-likeness (QED) is 0.521. The van der Waals surface area contributed by atoms with Gasteiger partial charge in [0, 0.05) is 23.7 Å². The summed E-state index contributed by atoms with van der Waals surface area (Å²) >= 11 is 1.51. The molecule has 0 saturated carbocycles. The van der Waals surface area contributed by atoms with Crippen molar-refractivity contribution in [3.05, 3.63) is 82.2 Å². The fraction of sp³-hybridized carbons (Fsp3) is 0.158. The van der Waals surface area contributed by atoms with E-state index in [-0.39, 0.29) is 5.56 Å². The van der Waals surface area contributed by atoms with Gasteiger partial charge in [0.15, 0.2) is 5.16 Å². The standard InChI is InChI=1S/C19H17N5OS/c1-13-8-9-17-20-15(10-18(25)23(17)11-13)12-26-19-22-21-14(2)24(19)16-6-4-3-5-7-16/h3-11H,12H2,1-2H3. The number of fused-ring (bicyclic) bond motifs is 1. The van der Waals surface area contributed by atoms with Crippen LogP contribution in [0.5, 0.6) is 0 Å². The van der Waals surface area contributed by atoms with E-state index in [4.69, 9.17) is 0 Å². The minimum Gasteiger partial charge on any atom is -0.274 e. The zero-order valence-corrected chi connectivity index (χ0v) is 15.3. The number of rotatable bonds is 4. The van der Waals surface area contributed by atoms with Gasteiger partial charge in [0.2, 0.25) is 0 Å². The third-order valence-electron chi connectivity index (χ3n) is 4.02. The molecule has 0 atom stereocenters. The molecular formula is C19H17N5OS. The number of benzene rings is 1. The first-order valence-corrected chi connectivity index (χ1v) is 9.19. The van der Waals surface area contributed by atoms with E-state index in [2.05, 4.69) is 15.2 Å². The highest BCUT2D eigenvalue weighted by Gasteiger charge is 2.12. The second kappa shape index (κ2) is 6.76. The molecule has 0 aliphatic rings. The molecule has 130 valence electrons. The van der Waals surface area contributed by atoms with Gasteiger partial charge in [-0.2, -0.15) is 0 Å². The highest BCUT2D eigenvalue weighted by Crippen LogP contribution is 2.24.